The Labute approximate surface area is 181 Å². The molecule has 0 aliphatic carbocycles. The van der Waals surface area contributed by atoms with Crippen LogP contribution in [0.5, 0.6) is 0 Å². The zero-order valence-corrected chi connectivity index (χ0v) is 18.5. The molecule has 0 bridgehead atoms. The lowest BCUT2D eigenvalue weighted by atomic mass is 9.87. The molecular weight excluding hydrogens is 392 g/mol. The smallest absolute Gasteiger partial charge is 0.262 e. The highest BCUT2D eigenvalue weighted by Crippen LogP contribution is 2.28. The minimum absolute atomic E-state index is 0.123. The Balaban J connectivity index is 2.10. The second kappa shape index (κ2) is 8.36. The molecule has 3 aromatic heterocycles. The lowest BCUT2D eigenvalue weighted by Gasteiger charge is -2.23. The van der Waals surface area contributed by atoms with Crippen LogP contribution < -0.4 is 16.2 Å². The Morgan fingerprint density at radius 2 is 1.90 bits per heavy atom. The molecule has 0 unspecified atom stereocenters. The normalized spacial score (nSPS) is 11.9. The molecule has 0 saturated carbocycles. The van der Waals surface area contributed by atoms with Crippen LogP contribution in [0.4, 0.5) is 17.5 Å². The predicted molar refractivity (Wildman–Crippen MR) is 123 cm³/mol. The molecule has 0 radical (unpaired) electrons. The van der Waals surface area contributed by atoms with E-state index in [-0.39, 0.29) is 24.2 Å². The molecule has 3 aromatic rings. The number of pyridine rings is 3. The predicted octanol–water partition coefficient (Wildman–Crippen LogP) is 3.54. The van der Waals surface area contributed by atoms with Crippen LogP contribution in [0.1, 0.15) is 40.2 Å². The fourth-order valence-electron chi connectivity index (χ4n) is 3.18. The van der Waals surface area contributed by atoms with Gasteiger partial charge in [-0.2, -0.15) is 5.26 Å². The molecule has 0 saturated heterocycles. The molecule has 31 heavy (non-hydrogen) atoms. The van der Waals surface area contributed by atoms with Crippen molar-refractivity contribution in [2.75, 3.05) is 17.2 Å². The molecule has 162 valence electrons. The van der Waals surface area contributed by atoms with Gasteiger partial charge in [-0.3, -0.25) is 4.79 Å². The number of fused-ring (bicyclic) bond motifs is 1. The van der Waals surface area contributed by atoms with E-state index in [2.05, 4.69) is 26.7 Å². The topological polar surface area (TPSA) is 116 Å². The van der Waals surface area contributed by atoms with Gasteiger partial charge < -0.3 is 20.3 Å². The number of aromatic nitrogens is 3. The molecule has 3 heterocycles. The van der Waals surface area contributed by atoms with E-state index in [1.807, 2.05) is 52.8 Å². The Kier molecular flexibility index (Phi) is 6.00. The van der Waals surface area contributed by atoms with Gasteiger partial charge in [0.05, 0.1) is 23.5 Å². The van der Waals surface area contributed by atoms with Crippen molar-refractivity contribution in [3.63, 3.8) is 0 Å². The van der Waals surface area contributed by atoms with Crippen LogP contribution in [-0.4, -0.2) is 31.8 Å². The average molecular weight is 421 g/mol. The van der Waals surface area contributed by atoms with Crippen molar-refractivity contribution in [2.45, 2.75) is 52.1 Å². The summed E-state index contributed by atoms with van der Waals surface area (Å²) in [6, 6.07) is 9.55. The monoisotopic (exact) mass is 420 g/mol. The van der Waals surface area contributed by atoms with Crippen LogP contribution in [-0.2, 0) is 12.0 Å². The number of nitriles is 1. The molecule has 0 amide bonds. The zero-order chi connectivity index (χ0) is 22.8. The number of rotatable bonds is 6. The van der Waals surface area contributed by atoms with E-state index < -0.39 is 5.41 Å². The molecule has 0 fully saturated rings. The highest BCUT2D eigenvalue weighted by molar-refractivity contribution is 5.93. The highest BCUT2D eigenvalue weighted by Gasteiger charge is 2.21. The quantitative estimate of drug-likeness (QED) is 0.558. The third-order valence-corrected chi connectivity index (χ3v) is 4.81. The van der Waals surface area contributed by atoms with Crippen LogP contribution in [0.3, 0.4) is 0 Å². The number of anilines is 3. The average Bonchev–Trinajstić information content (AvgIpc) is 2.69. The fraction of sp³-hybridized carbons (Fsp3) is 0.391. The minimum Gasteiger partial charge on any atom is -0.395 e. The molecule has 0 aliphatic heterocycles. The lowest BCUT2D eigenvalue weighted by Crippen LogP contribution is -2.29. The molecule has 8 nitrogen and oxygen atoms in total. The summed E-state index contributed by atoms with van der Waals surface area (Å²) in [6.45, 7) is 9.77. The van der Waals surface area contributed by atoms with Gasteiger partial charge >= 0.3 is 0 Å². The van der Waals surface area contributed by atoms with E-state index in [9.17, 15) is 15.2 Å². The molecule has 0 spiro atoms. The van der Waals surface area contributed by atoms with Crippen molar-refractivity contribution in [3.8, 4) is 6.07 Å². The Morgan fingerprint density at radius 1 is 1.16 bits per heavy atom. The number of hydrogen-bond acceptors (Lipinski definition) is 7. The van der Waals surface area contributed by atoms with Crippen molar-refractivity contribution in [1.29, 1.82) is 5.26 Å². The van der Waals surface area contributed by atoms with E-state index in [0.717, 1.165) is 10.9 Å². The second-order valence-electron chi connectivity index (χ2n) is 9.02. The van der Waals surface area contributed by atoms with Gasteiger partial charge in [-0.1, -0.05) is 0 Å². The number of hydrogen-bond donors (Lipinski definition) is 3. The van der Waals surface area contributed by atoms with Crippen molar-refractivity contribution in [1.82, 2.24) is 14.5 Å². The maximum atomic E-state index is 13.0. The second-order valence-corrected chi connectivity index (χ2v) is 9.02. The van der Waals surface area contributed by atoms with E-state index in [0.29, 0.717) is 22.8 Å². The van der Waals surface area contributed by atoms with Crippen molar-refractivity contribution < 1.29 is 5.11 Å². The van der Waals surface area contributed by atoms with Gasteiger partial charge in [0.2, 0.25) is 0 Å². The van der Waals surface area contributed by atoms with Gasteiger partial charge in [-0.05, 0) is 69.8 Å². The zero-order valence-electron chi connectivity index (χ0n) is 18.5. The van der Waals surface area contributed by atoms with E-state index in [1.165, 1.54) is 4.57 Å². The minimum atomic E-state index is -0.646. The maximum absolute atomic E-state index is 13.0. The van der Waals surface area contributed by atoms with Crippen LogP contribution in [0, 0.1) is 11.3 Å². The molecule has 0 atom stereocenters. The first kappa shape index (κ1) is 22.2. The first-order valence-electron chi connectivity index (χ1n) is 10.1. The fourth-order valence-corrected chi connectivity index (χ4v) is 3.18. The maximum Gasteiger partial charge on any atom is 0.262 e. The molecular formula is C23H28N6O2. The summed E-state index contributed by atoms with van der Waals surface area (Å²) in [5, 5.41) is 26.4. The molecule has 0 aliphatic rings. The SMILES string of the molecule is CC(C)(C)Nc1nc(Nc2cc(C(C)(C)C#N)ccn2)cc2ccn(CCO)c(=O)c12. The van der Waals surface area contributed by atoms with Crippen LogP contribution in [0.15, 0.2) is 41.5 Å². The third-order valence-electron chi connectivity index (χ3n) is 4.81. The molecule has 3 rings (SSSR count). The number of aliphatic hydroxyl groups excluding tert-OH is 1. The highest BCUT2D eigenvalue weighted by atomic mass is 16.3. The largest absolute Gasteiger partial charge is 0.395 e. The van der Waals surface area contributed by atoms with Gasteiger partial charge in [0, 0.05) is 24.5 Å². The first-order chi connectivity index (χ1) is 14.5. The molecule has 0 aromatic carbocycles. The standard InChI is InChI=1S/C23H28N6O2/c1-22(2,3)28-20-19-15(7-9-29(10-11-30)21(19)31)12-18(27-20)26-17-13-16(6-8-25-17)23(4,5)14-24/h6-9,12-13,30H,10-11H2,1-5H3,(H2,25,26,27,28). The van der Waals surface area contributed by atoms with Crippen molar-refractivity contribution in [2.24, 2.45) is 0 Å². The number of aliphatic hydroxyl groups is 1. The van der Waals surface area contributed by atoms with Gasteiger partial charge in [-0.25, -0.2) is 9.97 Å². The lowest BCUT2D eigenvalue weighted by molar-refractivity contribution is 0.274. The van der Waals surface area contributed by atoms with Gasteiger partial charge in [0.1, 0.15) is 17.5 Å². The van der Waals surface area contributed by atoms with Crippen LogP contribution >= 0.6 is 0 Å². The summed E-state index contributed by atoms with van der Waals surface area (Å²) < 4.78 is 1.47. The van der Waals surface area contributed by atoms with E-state index in [1.54, 1.807) is 18.5 Å². The third kappa shape index (κ3) is 5.01. The number of nitrogens with zero attached hydrogens (tertiary/aromatic N) is 4. The van der Waals surface area contributed by atoms with E-state index >= 15 is 0 Å². The van der Waals surface area contributed by atoms with Gasteiger partial charge in [-0.15, -0.1) is 0 Å². The Bertz CT molecular complexity index is 1200. The molecule has 8 heteroatoms. The summed E-state index contributed by atoms with van der Waals surface area (Å²) in [5.41, 5.74) is -0.341. The molecule has 3 N–H and O–H groups in total. The summed E-state index contributed by atoms with van der Waals surface area (Å²) in [4.78, 5) is 22.0. The summed E-state index contributed by atoms with van der Waals surface area (Å²) in [7, 11) is 0. The Hall–Kier alpha value is -3.44. The van der Waals surface area contributed by atoms with E-state index in [4.69, 9.17) is 0 Å². The summed E-state index contributed by atoms with van der Waals surface area (Å²) in [5.74, 6) is 1.54. The Morgan fingerprint density at radius 3 is 2.55 bits per heavy atom. The summed E-state index contributed by atoms with van der Waals surface area (Å²) in [6.07, 6.45) is 3.32. The summed E-state index contributed by atoms with van der Waals surface area (Å²) >= 11 is 0. The van der Waals surface area contributed by atoms with Crippen molar-refractivity contribution in [3.05, 3.63) is 52.6 Å². The van der Waals surface area contributed by atoms with Crippen molar-refractivity contribution >= 4 is 28.2 Å². The van der Waals surface area contributed by atoms with Gasteiger partial charge in [0.15, 0.2) is 0 Å². The number of nitrogens with one attached hydrogen (secondary N) is 2. The first-order valence-corrected chi connectivity index (χ1v) is 10.1. The van der Waals surface area contributed by atoms with Gasteiger partial charge in [0.25, 0.3) is 5.56 Å². The van der Waals surface area contributed by atoms with Crippen LogP contribution in [0.25, 0.3) is 10.8 Å². The van der Waals surface area contributed by atoms with Crippen LogP contribution in [0.2, 0.25) is 0 Å².